The van der Waals surface area contributed by atoms with Crippen LogP contribution in [0.1, 0.15) is 10.6 Å². The van der Waals surface area contributed by atoms with Gasteiger partial charge in [0, 0.05) is 12.7 Å². The Morgan fingerprint density at radius 3 is 2.41 bits per heavy atom. The predicted octanol–water partition coefficient (Wildman–Crippen LogP) is 2.92. The summed E-state index contributed by atoms with van der Waals surface area (Å²) in [7, 11) is 1.62. The molecule has 5 heteroatoms. The summed E-state index contributed by atoms with van der Waals surface area (Å²) in [5.74, 6) is 0.0174. The molecule has 0 fully saturated rings. The van der Waals surface area contributed by atoms with E-state index in [-0.39, 0.29) is 22.6 Å². The first-order valence-electron chi connectivity index (χ1n) is 4.90. The van der Waals surface area contributed by atoms with Gasteiger partial charge in [-0.2, -0.15) is 0 Å². The lowest BCUT2D eigenvalue weighted by Crippen LogP contribution is -2.25. The van der Waals surface area contributed by atoms with Crippen LogP contribution in [0.15, 0.2) is 40.8 Å². The quantitative estimate of drug-likeness (QED) is 0.893. The summed E-state index contributed by atoms with van der Waals surface area (Å²) in [5.41, 5.74) is 0.653. The Hall–Kier alpha value is -1.94. The van der Waals surface area contributed by atoms with E-state index in [1.807, 2.05) is 0 Å². The Morgan fingerprint density at radius 2 is 1.88 bits per heavy atom. The zero-order valence-electron chi connectivity index (χ0n) is 9.05. The zero-order valence-corrected chi connectivity index (χ0v) is 9.81. The van der Waals surface area contributed by atoms with Crippen molar-refractivity contribution in [2.75, 3.05) is 11.9 Å². The van der Waals surface area contributed by atoms with E-state index in [2.05, 4.69) is 0 Å². The lowest BCUT2D eigenvalue weighted by Gasteiger charge is -2.15. The second-order valence-corrected chi connectivity index (χ2v) is 3.86. The van der Waals surface area contributed by atoms with Crippen molar-refractivity contribution in [3.8, 4) is 5.75 Å². The molecule has 1 aromatic heterocycles. The highest BCUT2D eigenvalue weighted by molar-refractivity contribution is 6.29. The molecule has 2 aromatic rings. The third-order valence-corrected chi connectivity index (χ3v) is 2.53. The number of phenols is 1. The number of aromatic hydroxyl groups is 1. The van der Waals surface area contributed by atoms with Crippen LogP contribution in [0.3, 0.4) is 0 Å². The average molecular weight is 252 g/mol. The van der Waals surface area contributed by atoms with Crippen LogP contribution in [0, 0.1) is 0 Å². The van der Waals surface area contributed by atoms with Crippen LogP contribution >= 0.6 is 11.6 Å². The third-order valence-electron chi connectivity index (χ3n) is 2.33. The van der Waals surface area contributed by atoms with Crippen molar-refractivity contribution in [3.63, 3.8) is 0 Å². The van der Waals surface area contributed by atoms with Crippen LogP contribution in [0.2, 0.25) is 5.22 Å². The van der Waals surface area contributed by atoms with Gasteiger partial charge in [0.1, 0.15) is 5.75 Å². The van der Waals surface area contributed by atoms with Crippen molar-refractivity contribution < 1.29 is 14.3 Å². The zero-order chi connectivity index (χ0) is 12.4. The minimum Gasteiger partial charge on any atom is -0.508 e. The second-order valence-electron chi connectivity index (χ2n) is 3.48. The predicted molar refractivity (Wildman–Crippen MR) is 64.6 cm³/mol. The minimum atomic E-state index is -0.303. The number of amides is 1. The molecule has 4 nitrogen and oxygen atoms in total. The van der Waals surface area contributed by atoms with E-state index in [0.717, 1.165) is 0 Å². The highest BCUT2D eigenvalue weighted by Crippen LogP contribution is 2.20. The number of benzene rings is 1. The highest BCUT2D eigenvalue weighted by atomic mass is 35.5. The molecule has 1 heterocycles. The van der Waals surface area contributed by atoms with Gasteiger partial charge in [-0.05, 0) is 48.0 Å². The number of hydrogen-bond acceptors (Lipinski definition) is 3. The molecule has 2 rings (SSSR count). The second kappa shape index (κ2) is 4.51. The molecule has 0 saturated heterocycles. The van der Waals surface area contributed by atoms with Crippen molar-refractivity contribution in [2.45, 2.75) is 0 Å². The van der Waals surface area contributed by atoms with E-state index in [1.54, 1.807) is 19.2 Å². The van der Waals surface area contributed by atoms with Crippen molar-refractivity contribution in [2.24, 2.45) is 0 Å². The van der Waals surface area contributed by atoms with Gasteiger partial charge in [-0.25, -0.2) is 0 Å². The lowest BCUT2D eigenvalue weighted by atomic mass is 10.2. The molecule has 0 unspecified atom stereocenters. The SMILES string of the molecule is CN(C(=O)c1ccc(Cl)o1)c1ccc(O)cc1. The molecule has 1 aromatic carbocycles. The molecular weight excluding hydrogens is 242 g/mol. The van der Waals surface area contributed by atoms with E-state index in [9.17, 15) is 4.79 Å². The van der Waals surface area contributed by atoms with Crippen LogP contribution in [0.25, 0.3) is 0 Å². The number of nitrogens with zero attached hydrogens (tertiary/aromatic N) is 1. The van der Waals surface area contributed by atoms with Gasteiger partial charge in [0.25, 0.3) is 5.91 Å². The molecule has 1 amide bonds. The molecule has 0 spiro atoms. The monoisotopic (exact) mass is 251 g/mol. The van der Waals surface area contributed by atoms with Gasteiger partial charge in [0.05, 0.1) is 0 Å². The summed E-state index contributed by atoms with van der Waals surface area (Å²) in [6, 6.07) is 9.32. The van der Waals surface area contributed by atoms with Gasteiger partial charge >= 0.3 is 0 Å². The summed E-state index contributed by atoms with van der Waals surface area (Å²) in [6.07, 6.45) is 0. The maximum absolute atomic E-state index is 12.0. The van der Waals surface area contributed by atoms with Gasteiger partial charge in [-0.3, -0.25) is 4.79 Å². The molecule has 1 N–H and O–H groups in total. The summed E-state index contributed by atoms with van der Waals surface area (Å²) in [5, 5.41) is 9.33. The number of carbonyl (C=O) groups is 1. The lowest BCUT2D eigenvalue weighted by molar-refractivity contribution is 0.0966. The smallest absolute Gasteiger partial charge is 0.293 e. The van der Waals surface area contributed by atoms with E-state index in [1.165, 1.54) is 29.2 Å². The summed E-state index contributed by atoms with van der Waals surface area (Å²) >= 11 is 5.61. The number of halogens is 1. The van der Waals surface area contributed by atoms with Crippen molar-refractivity contribution in [1.29, 1.82) is 0 Å². The molecule has 17 heavy (non-hydrogen) atoms. The van der Waals surface area contributed by atoms with Gasteiger partial charge in [-0.15, -0.1) is 0 Å². The van der Waals surface area contributed by atoms with Crippen LogP contribution in [-0.2, 0) is 0 Å². The Bertz CT molecular complexity index is 533. The van der Waals surface area contributed by atoms with Crippen LogP contribution < -0.4 is 4.90 Å². The molecule has 0 radical (unpaired) electrons. The molecule has 0 aliphatic carbocycles. The molecule has 0 aliphatic heterocycles. The van der Waals surface area contributed by atoms with Crippen molar-refractivity contribution >= 4 is 23.2 Å². The average Bonchev–Trinajstić information content (AvgIpc) is 2.75. The van der Waals surface area contributed by atoms with E-state index in [0.29, 0.717) is 5.69 Å². The third kappa shape index (κ3) is 2.42. The Balaban J connectivity index is 2.23. The first-order chi connectivity index (χ1) is 8.08. The van der Waals surface area contributed by atoms with Crippen LogP contribution in [-0.4, -0.2) is 18.1 Å². The Kier molecular flexibility index (Phi) is 3.06. The first-order valence-corrected chi connectivity index (χ1v) is 5.28. The largest absolute Gasteiger partial charge is 0.508 e. The fraction of sp³-hybridized carbons (Fsp3) is 0.0833. The maximum atomic E-state index is 12.0. The molecular formula is C12H10ClNO3. The van der Waals surface area contributed by atoms with Crippen LogP contribution in [0.4, 0.5) is 5.69 Å². The van der Waals surface area contributed by atoms with E-state index < -0.39 is 0 Å². The Morgan fingerprint density at radius 1 is 1.24 bits per heavy atom. The summed E-state index contributed by atoms with van der Waals surface area (Å²) < 4.78 is 5.04. The molecule has 0 saturated carbocycles. The van der Waals surface area contributed by atoms with Gasteiger partial charge < -0.3 is 14.4 Å². The van der Waals surface area contributed by atoms with Crippen LogP contribution in [0.5, 0.6) is 5.75 Å². The standard InChI is InChI=1S/C12H10ClNO3/c1-14(8-2-4-9(15)5-3-8)12(16)10-6-7-11(13)17-10/h2-7,15H,1H3. The van der Waals surface area contributed by atoms with Gasteiger partial charge in [0.2, 0.25) is 0 Å². The first kappa shape index (κ1) is 11.5. The Labute approximate surface area is 103 Å². The molecule has 88 valence electrons. The highest BCUT2D eigenvalue weighted by Gasteiger charge is 2.16. The molecule has 0 aliphatic rings. The van der Waals surface area contributed by atoms with Crippen molar-refractivity contribution in [3.05, 3.63) is 47.4 Å². The van der Waals surface area contributed by atoms with Gasteiger partial charge in [-0.1, -0.05) is 0 Å². The maximum Gasteiger partial charge on any atom is 0.293 e. The number of furan rings is 1. The fourth-order valence-electron chi connectivity index (χ4n) is 1.39. The summed E-state index contributed by atoms with van der Waals surface area (Å²) in [4.78, 5) is 13.4. The molecule has 0 bridgehead atoms. The fourth-order valence-corrected chi connectivity index (χ4v) is 1.53. The van der Waals surface area contributed by atoms with E-state index in [4.69, 9.17) is 21.1 Å². The minimum absolute atomic E-state index is 0.149. The number of hydrogen-bond donors (Lipinski definition) is 1. The number of carbonyl (C=O) groups excluding carboxylic acids is 1. The summed E-state index contributed by atoms with van der Waals surface area (Å²) in [6.45, 7) is 0. The van der Waals surface area contributed by atoms with Crippen molar-refractivity contribution in [1.82, 2.24) is 0 Å². The topological polar surface area (TPSA) is 53.7 Å². The molecule has 0 atom stereocenters. The normalized spacial score (nSPS) is 10.2. The number of phenolic OH excluding ortho intramolecular Hbond substituents is 1. The van der Waals surface area contributed by atoms with E-state index >= 15 is 0 Å². The van der Waals surface area contributed by atoms with Gasteiger partial charge in [0.15, 0.2) is 11.0 Å². The number of rotatable bonds is 2. The number of anilines is 1.